The Morgan fingerprint density at radius 1 is 1.13 bits per heavy atom. The molecule has 1 N–H and O–H groups in total. The molecule has 0 aromatic heterocycles. The zero-order chi connectivity index (χ0) is 10.7. The van der Waals surface area contributed by atoms with Gasteiger partial charge in [-0.1, -0.05) is 19.3 Å². The molecule has 2 nitrogen and oxygen atoms in total. The molecule has 2 heteroatoms. The summed E-state index contributed by atoms with van der Waals surface area (Å²) in [6.45, 7) is 4.92. The van der Waals surface area contributed by atoms with Crippen LogP contribution in [0.3, 0.4) is 0 Å². The van der Waals surface area contributed by atoms with Gasteiger partial charge in [0.1, 0.15) is 0 Å². The molecule has 1 aliphatic heterocycles. The summed E-state index contributed by atoms with van der Waals surface area (Å²) >= 11 is 0. The maximum Gasteiger partial charge on any atom is 0.0209 e. The van der Waals surface area contributed by atoms with Crippen LogP contribution in [0.1, 0.15) is 45.4 Å². The van der Waals surface area contributed by atoms with E-state index in [1.54, 1.807) is 0 Å². The quantitative estimate of drug-likeness (QED) is 0.768. The van der Waals surface area contributed by atoms with Crippen molar-refractivity contribution in [3.05, 3.63) is 0 Å². The van der Waals surface area contributed by atoms with Crippen LogP contribution in [-0.4, -0.2) is 37.1 Å². The molecule has 88 valence electrons. The van der Waals surface area contributed by atoms with Crippen LogP contribution in [0.25, 0.3) is 0 Å². The highest BCUT2D eigenvalue weighted by Gasteiger charge is 2.25. The van der Waals surface area contributed by atoms with Crippen molar-refractivity contribution in [1.29, 1.82) is 0 Å². The molecule has 0 amide bonds. The third-order valence-electron chi connectivity index (χ3n) is 4.25. The lowest BCUT2D eigenvalue weighted by Crippen LogP contribution is -2.42. The van der Waals surface area contributed by atoms with E-state index < -0.39 is 0 Å². The lowest BCUT2D eigenvalue weighted by atomic mass is 9.84. The van der Waals surface area contributed by atoms with Crippen LogP contribution in [0.15, 0.2) is 0 Å². The van der Waals surface area contributed by atoms with Crippen molar-refractivity contribution < 1.29 is 0 Å². The van der Waals surface area contributed by atoms with Crippen molar-refractivity contribution in [2.24, 2.45) is 5.92 Å². The lowest BCUT2D eigenvalue weighted by Gasteiger charge is -2.30. The van der Waals surface area contributed by atoms with E-state index in [4.69, 9.17) is 0 Å². The number of nitrogens with one attached hydrogen (secondary N) is 1. The molecular weight excluding hydrogens is 184 g/mol. The van der Waals surface area contributed by atoms with E-state index in [-0.39, 0.29) is 0 Å². The monoisotopic (exact) mass is 210 g/mol. The SMILES string of the molecule is CC(NC1CCN(C)C1)C1CCCCC1. The maximum atomic E-state index is 3.84. The fourth-order valence-electron chi connectivity index (χ4n) is 3.21. The molecule has 0 spiro atoms. The van der Waals surface area contributed by atoms with E-state index in [1.807, 2.05) is 0 Å². The van der Waals surface area contributed by atoms with Gasteiger partial charge in [-0.2, -0.15) is 0 Å². The fraction of sp³-hybridized carbons (Fsp3) is 1.00. The van der Waals surface area contributed by atoms with E-state index in [0.29, 0.717) is 0 Å². The molecule has 2 fully saturated rings. The van der Waals surface area contributed by atoms with Crippen molar-refractivity contribution in [2.45, 2.75) is 57.5 Å². The van der Waals surface area contributed by atoms with Gasteiger partial charge in [-0.15, -0.1) is 0 Å². The smallest absolute Gasteiger partial charge is 0.0209 e. The summed E-state index contributed by atoms with van der Waals surface area (Å²) < 4.78 is 0. The molecule has 1 aliphatic carbocycles. The normalized spacial score (nSPS) is 32.0. The van der Waals surface area contributed by atoms with Crippen molar-refractivity contribution >= 4 is 0 Å². The first-order valence-electron chi connectivity index (χ1n) is 6.70. The van der Waals surface area contributed by atoms with Crippen molar-refractivity contribution in [3.63, 3.8) is 0 Å². The number of hydrogen-bond acceptors (Lipinski definition) is 2. The van der Waals surface area contributed by atoms with Gasteiger partial charge in [0, 0.05) is 18.6 Å². The minimum atomic E-state index is 0.738. The van der Waals surface area contributed by atoms with E-state index in [2.05, 4.69) is 24.2 Å². The van der Waals surface area contributed by atoms with E-state index in [9.17, 15) is 0 Å². The first-order valence-corrected chi connectivity index (χ1v) is 6.70. The Labute approximate surface area is 94.4 Å². The van der Waals surface area contributed by atoms with Crippen LogP contribution in [0, 0.1) is 5.92 Å². The Balaban J connectivity index is 1.73. The highest BCUT2D eigenvalue weighted by molar-refractivity contribution is 4.84. The van der Waals surface area contributed by atoms with Gasteiger partial charge in [-0.3, -0.25) is 0 Å². The predicted molar refractivity (Wildman–Crippen MR) is 65.1 cm³/mol. The largest absolute Gasteiger partial charge is 0.310 e. The Bertz CT molecular complexity index is 187. The second-order valence-electron chi connectivity index (χ2n) is 5.60. The van der Waals surface area contributed by atoms with Crippen LogP contribution >= 0.6 is 0 Å². The molecule has 0 radical (unpaired) electrons. The third kappa shape index (κ3) is 3.18. The first kappa shape index (κ1) is 11.4. The van der Waals surface area contributed by atoms with Crippen LogP contribution in [0.4, 0.5) is 0 Å². The molecular formula is C13H26N2. The molecule has 1 heterocycles. The second kappa shape index (κ2) is 5.31. The van der Waals surface area contributed by atoms with Gasteiger partial charge < -0.3 is 10.2 Å². The van der Waals surface area contributed by atoms with Gasteiger partial charge in [0.05, 0.1) is 0 Å². The van der Waals surface area contributed by atoms with Crippen LogP contribution in [-0.2, 0) is 0 Å². The number of likely N-dealkylation sites (tertiary alicyclic amines) is 1. The van der Waals surface area contributed by atoms with Crippen molar-refractivity contribution in [1.82, 2.24) is 10.2 Å². The van der Waals surface area contributed by atoms with Gasteiger partial charge in [0.15, 0.2) is 0 Å². The van der Waals surface area contributed by atoms with Gasteiger partial charge in [-0.05, 0) is 45.7 Å². The van der Waals surface area contributed by atoms with Crippen molar-refractivity contribution in [3.8, 4) is 0 Å². The van der Waals surface area contributed by atoms with Crippen LogP contribution in [0.5, 0.6) is 0 Å². The summed E-state index contributed by atoms with van der Waals surface area (Å²) in [7, 11) is 2.23. The van der Waals surface area contributed by atoms with Crippen LogP contribution < -0.4 is 5.32 Å². The Morgan fingerprint density at radius 3 is 2.47 bits per heavy atom. The Hall–Kier alpha value is -0.0800. The number of rotatable bonds is 3. The number of likely N-dealkylation sites (N-methyl/N-ethyl adjacent to an activating group) is 1. The molecule has 2 unspecified atom stereocenters. The average Bonchev–Trinajstić information content (AvgIpc) is 2.65. The summed E-state index contributed by atoms with van der Waals surface area (Å²) in [5, 5.41) is 3.84. The molecule has 0 aromatic rings. The standard InChI is InChI=1S/C13H26N2/c1-11(12-6-4-3-5-7-12)14-13-8-9-15(2)10-13/h11-14H,3-10H2,1-2H3. The zero-order valence-corrected chi connectivity index (χ0v) is 10.3. The Kier molecular flexibility index (Phi) is 4.04. The molecule has 15 heavy (non-hydrogen) atoms. The highest BCUT2D eigenvalue weighted by atomic mass is 15.2. The van der Waals surface area contributed by atoms with Crippen LogP contribution in [0.2, 0.25) is 0 Å². The summed E-state index contributed by atoms with van der Waals surface area (Å²) in [5.41, 5.74) is 0. The maximum absolute atomic E-state index is 3.84. The second-order valence-corrected chi connectivity index (χ2v) is 5.60. The van der Waals surface area contributed by atoms with Gasteiger partial charge >= 0.3 is 0 Å². The average molecular weight is 210 g/mol. The summed E-state index contributed by atoms with van der Waals surface area (Å²) in [6, 6.07) is 1.49. The molecule has 1 saturated carbocycles. The predicted octanol–water partition coefficient (Wildman–Crippen LogP) is 2.25. The minimum Gasteiger partial charge on any atom is -0.310 e. The van der Waals surface area contributed by atoms with Gasteiger partial charge in [0.2, 0.25) is 0 Å². The minimum absolute atomic E-state index is 0.738. The summed E-state index contributed by atoms with van der Waals surface area (Å²) in [5.74, 6) is 0.949. The molecule has 2 rings (SSSR count). The topological polar surface area (TPSA) is 15.3 Å². The fourth-order valence-corrected chi connectivity index (χ4v) is 3.21. The molecule has 2 atom stereocenters. The van der Waals surface area contributed by atoms with E-state index in [1.165, 1.54) is 51.6 Å². The number of hydrogen-bond donors (Lipinski definition) is 1. The van der Waals surface area contributed by atoms with E-state index >= 15 is 0 Å². The molecule has 0 aromatic carbocycles. The Morgan fingerprint density at radius 2 is 1.87 bits per heavy atom. The van der Waals surface area contributed by atoms with Gasteiger partial charge in [-0.25, -0.2) is 0 Å². The summed E-state index contributed by atoms with van der Waals surface area (Å²) in [6.07, 6.45) is 8.64. The van der Waals surface area contributed by atoms with Crippen molar-refractivity contribution in [2.75, 3.05) is 20.1 Å². The summed E-state index contributed by atoms with van der Waals surface area (Å²) in [4.78, 5) is 2.44. The highest BCUT2D eigenvalue weighted by Crippen LogP contribution is 2.26. The first-order chi connectivity index (χ1) is 7.25. The number of nitrogens with zero attached hydrogens (tertiary/aromatic N) is 1. The van der Waals surface area contributed by atoms with E-state index in [0.717, 1.165) is 18.0 Å². The van der Waals surface area contributed by atoms with Gasteiger partial charge in [0.25, 0.3) is 0 Å². The lowest BCUT2D eigenvalue weighted by molar-refractivity contribution is 0.262. The molecule has 1 saturated heterocycles. The molecule has 2 aliphatic rings. The third-order valence-corrected chi connectivity index (χ3v) is 4.25. The zero-order valence-electron chi connectivity index (χ0n) is 10.3. The molecule has 0 bridgehead atoms.